The zero-order chi connectivity index (χ0) is 13.0. The van der Waals surface area contributed by atoms with Crippen molar-refractivity contribution in [1.82, 2.24) is 10.6 Å². The van der Waals surface area contributed by atoms with Crippen LogP contribution in [0.25, 0.3) is 0 Å². The molecule has 1 heterocycles. The van der Waals surface area contributed by atoms with Crippen LogP contribution in [0.2, 0.25) is 0 Å². The maximum absolute atomic E-state index is 12.0. The van der Waals surface area contributed by atoms with E-state index in [4.69, 9.17) is 0 Å². The van der Waals surface area contributed by atoms with Gasteiger partial charge in [-0.25, -0.2) is 0 Å². The fourth-order valence-corrected chi connectivity index (χ4v) is 2.29. The molecule has 2 N–H and O–H groups in total. The highest BCUT2D eigenvalue weighted by Crippen LogP contribution is 2.28. The van der Waals surface area contributed by atoms with E-state index in [1.807, 2.05) is 37.3 Å². The normalized spacial score (nSPS) is 22.6. The molecule has 0 bridgehead atoms. The van der Waals surface area contributed by atoms with Gasteiger partial charge in [-0.2, -0.15) is 0 Å². The van der Waals surface area contributed by atoms with E-state index >= 15 is 0 Å². The molecule has 0 saturated carbocycles. The van der Waals surface area contributed by atoms with Gasteiger partial charge in [0.15, 0.2) is 0 Å². The maximum atomic E-state index is 12.0. The molecule has 96 valence electrons. The quantitative estimate of drug-likeness (QED) is 0.780. The van der Waals surface area contributed by atoms with E-state index in [1.165, 1.54) is 0 Å². The third-order valence-electron chi connectivity index (χ3n) is 3.24. The Morgan fingerprint density at radius 3 is 2.78 bits per heavy atom. The van der Waals surface area contributed by atoms with Crippen molar-refractivity contribution >= 4 is 11.8 Å². The summed E-state index contributed by atoms with van der Waals surface area (Å²) in [6, 6.07) is 9.72. The van der Waals surface area contributed by atoms with E-state index in [0.29, 0.717) is 13.1 Å². The van der Waals surface area contributed by atoms with E-state index in [2.05, 4.69) is 10.6 Å². The molecule has 0 radical (unpaired) electrons. The molecule has 1 aliphatic rings. The summed E-state index contributed by atoms with van der Waals surface area (Å²) >= 11 is 0. The average molecular weight is 246 g/mol. The van der Waals surface area contributed by atoms with Crippen LogP contribution in [0.5, 0.6) is 0 Å². The van der Waals surface area contributed by atoms with Crippen LogP contribution in [-0.4, -0.2) is 24.9 Å². The number of carbonyl (C=O) groups is 2. The highest BCUT2D eigenvalue weighted by molar-refractivity contribution is 6.02. The Morgan fingerprint density at radius 1 is 1.39 bits per heavy atom. The predicted molar refractivity (Wildman–Crippen MR) is 69.0 cm³/mol. The standard InChI is InChI=1S/C14H18N2O2/c1-2-8-15-13(17)12-11(9-16-14(12)18)10-6-4-3-5-7-10/h3-7,11-12H,2,8-9H2,1H3,(H,15,17)(H,16,18)/t11-,12-/m1/s1. The molecule has 0 aliphatic carbocycles. The van der Waals surface area contributed by atoms with Gasteiger partial charge in [0.05, 0.1) is 0 Å². The van der Waals surface area contributed by atoms with Crippen molar-refractivity contribution < 1.29 is 9.59 Å². The van der Waals surface area contributed by atoms with E-state index in [0.717, 1.165) is 12.0 Å². The zero-order valence-electron chi connectivity index (χ0n) is 10.5. The monoisotopic (exact) mass is 246 g/mol. The van der Waals surface area contributed by atoms with Gasteiger partial charge in [0.2, 0.25) is 11.8 Å². The number of hydrogen-bond donors (Lipinski definition) is 2. The lowest BCUT2D eigenvalue weighted by molar-refractivity contribution is -0.133. The average Bonchev–Trinajstić information content (AvgIpc) is 2.79. The Labute approximate surface area is 107 Å². The molecule has 1 aromatic rings. The summed E-state index contributed by atoms with van der Waals surface area (Å²) in [5, 5.41) is 5.58. The van der Waals surface area contributed by atoms with E-state index < -0.39 is 5.92 Å². The van der Waals surface area contributed by atoms with Crippen LogP contribution >= 0.6 is 0 Å². The molecular weight excluding hydrogens is 228 g/mol. The Hall–Kier alpha value is -1.84. The van der Waals surface area contributed by atoms with Crippen molar-refractivity contribution in [2.75, 3.05) is 13.1 Å². The maximum Gasteiger partial charge on any atom is 0.233 e. The van der Waals surface area contributed by atoms with Gasteiger partial charge < -0.3 is 10.6 Å². The molecule has 18 heavy (non-hydrogen) atoms. The molecule has 1 aromatic carbocycles. The fourth-order valence-electron chi connectivity index (χ4n) is 2.29. The highest BCUT2D eigenvalue weighted by Gasteiger charge is 2.40. The van der Waals surface area contributed by atoms with E-state index in [1.54, 1.807) is 0 Å². The smallest absolute Gasteiger partial charge is 0.233 e. The van der Waals surface area contributed by atoms with Gasteiger partial charge in [-0.1, -0.05) is 37.3 Å². The summed E-state index contributed by atoms with van der Waals surface area (Å²) in [5.41, 5.74) is 1.03. The predicted octanol–water partition coefficient (Wildman–Crippen LogP) is 1.04. The number of hydrogen-bond acceptors (Lipinski definition) is 2. The molecule has 0 unspecified atom stereocenters. The first-order valence-corrected chi connectivity index (χ1v) is 6.34. The molecule has 4 heteroatoms. The molecule has 2 rings (SSSR count). The summed E-state index contributed by atoms with van der Waals surface area (Å²) in [5.74, 6) is -0.993. The molecule has 2 atom stereocenters. The van der Waals surface area contributed by atoms with E-state index in [-0.39, 0.29) is 17.7 Å². The Morgan fingerprint density at radius 2 is 2.11 bits per heavy atom. The lowest BCUT2D eigenvalue weighted by atomic mass is 9.88. The van der Waals surface area contributed by atoms with Crippen molar-refractivity contribution in [3.05, 3.63) is 35.9 Å². The lowest BCUT2D eigenvalue weighted by Crippen LogP contribution is -2.37. The Kier molecular flexibility index (Phi) is 3.97. The third-order valence-corrected chi connectivity index (χ3v) is 3.24. The van der Waals surface area contributed by atoms with Crippen LogP contribution in [0.4, 0.5) is 0 Å². The minimum atomic E-state index is -0.598. The van der Waals surface area contributed by atoms with Crippen LogP contribution in [0, 0.1) is 5.92 Å². The number of amides is 2. The van der Waals surface area contributed by atoms with Crippen LogP contribution in [0.1, 0.15) is 24.8 Å². The largest absolute Gasteiger partial charge is 0.355 e. The molecule has 2 amide bonds. The second kappa shape index (κ2) is 5.67. The summed E-state index contributed by atoms with van der Waals surface area (Å²) in [6.07, 6.45) is 0.871. The van der Waals surface area contributed by atoms with Crippen LogP contribution in [0.15, 0.2) is 30.3 Å². The molecular formula is C14H18N2O2. The van der Waals surface area contributed by atoms with Crippen molar-refractivity contribution in [2.24, 2.45) is 5.92 Å². The fraction of sp³-hybridized carbons (Fsp3) is 0.429. The molecule has 0 spiro atoms. The molecule has 1 fully saturated rings. The first kappa shape index (κ1) is 12.6. The minimum absolute atomic E-state index is 0.0597. The van der Waals surface area contributed by atoms with Crippen LogP contribution < -0.4 is 10.6 Å². The Balaban J connectivity index is 2.15. The SMILES string of the molecule is CCCNC(=O)[C@@H]1C(=O)NC[C@@H]1c1ccccc1. The van der Waals surface area contributed by atoms with Gasteiger partial charge >= 0.3 is 0 Å². The number of carbonyl (C=O) groups excluding carboxylic acids is 2. The summed E-state index contributed by atoms with van der Waals surface area (Å²) in [6.45, 7) is 3.14. The second-order valence-electron chi connectivity index (χ2n) is 4.53. The van der Waals surface area contributed by atoms with Gasteiger partial charge in [-0.05, 0) is 12.0 Å². The summed E-state index contributed by atoms with van der Waals surface area (Å²) in [7, 11) is 0. The minimum Gasteiger partial charge on any atom is -0.355 e. The number of benzene rings is 1. The molecule has 0 aromatic heterocycles. The molecule has 1 aliphatic heterocycles. The van der Waals surface area contributed by atoms with Crippen molar-refractivity contribution in [3.8, 4) is 0 Å². The summed E-state index contributed by atoms with van der Waals surface area (Å²) in [4.78, 5) is 23.8. The number of rotatable bonds is 4. The van der Waals surface area contributed by atoms with Crippen LogP contribution in [-0.2, 0) is 9.59 Å². The first-order valence-electron chi connectivity index (χ1n) is 6.34. The molecule has 4 nitrogen and oxygen atoms in total. The second-order valence-corrected chi connectivity index (χ2v) is 4.53. The van der Waals surface area contributed by atoms with Gasteiger partial charge in [-0.15, -0.1) is 0 Å². The summed E-state index contributed by atoms with van der Waals surface area (Å²) < 4.78 is 0. The zero-order valence-corrected chi connectivity index (χ0v) is 10.5. The third kappa shape index (κ3) is 2.53. The van der Waals surface area contributed by atoms with E-state index in [9.17, 15) is 9.59 Å². The Bertz CT molecular complexity index is 431. The highest BCUT2D eigenvalue weighted by atomic mass is 16.2. The van der Waals surface area contributed by atoms with Gasteiger partial charge in [0.25, 0.3) is 0 Å². The van der Waals surface area contributed by atoms with Crippen molar-refractivity contribution in [2.45, 2.75) is 19.3 Å². The lowest BCUT2D eigenvalue weighted by Gasteiger charge is -2.16. The first-order chi connectivity index (χ1) is 8.74. The van der Waals surface area contributed by atoms with Gasteiger partial charge in [-0.3, -0.25) is 9.59 Å². The van der Waals surface area contributed by atoms with Gasteiger partial charge in [0.1, 0.15) is 5.92 Å². The number of nitrogens with one attached hydrogen (secondary N) is 2. The van der Waals surface area contributed by atoms with Crippen molar-refractivity contribution in [1.29, 1.82) is 0 Å². The van der Waals surface area contributed by atoms with Crippen LogP contribution in [0.3, 0.4) is 0 Å². The van der Waals surface area contributed by atoms with Crippen molar-refractivity contribution in [3.63, 3.8) is 0 Å². The van der Waals surface area contributed by atoms with Gasteiger partial charge in [0, 0.05) is 19.0 Å². The topological polar surface area (TPSA) is 58.2 Å². The molecule has 1 saturated heterocycles.